The molecule has 4 rings (SSSR count). The van der Waals surface area contributed by atoms with Crippen molar-refractivity contribution in [3.05, 3.63) is 71.7 Å². The van der Waals surface area contributed by atoms with Gasteiger partial charge in [-0.25, -0.2) is 0 Å². The second kappa shape index (κ2) is 11.7. The first-order valence-corrected chi connectivity index (χ1v) is 12.3. The molecule has 1 aromatic heterocycles. The van der Waals surface area contributed by atoms with Crippen LogP contribution < -0.4 is 24.4 Å². The number of rotatable bonds is 9. The number of ether oxygens (including phenoxy) is 3. The largest absolute Gasteiger partial charge is 0.493 e. The van der Waals surface area contributed by atoms with E-state index in [4.69, 9.17) is 18.6 Å². The van der Waals surface area contributed by atoms with E-state index in [1.54, 1.807) is 0 Å². The zero-order chi connectivity index (χ0) is 28.2. The predicted octanol–water partition coefficient (Wildman–Crippen LogP) is 5.77. The first kappa shape index (κ1) is 27.9. The van der Waals surface area contributed by atoms with Crippen molar-refractivity contribution in [2.24, 2.45) is 0 Å². The summed E-state index contributed by atoms with van der Waals surface area (Å²) >= 11 is 0. The summed E-state index contributed by atoms with van der Waals surface area (Å²) in [6.45, 7) is 0. The Balaban J connectivity index is 1.94. The van der Waals surface area contributed by atoms with Crippen molar-refractivity contribution in [1.82, 2.24) is 5.32 Å². The van der Waals surface area contributed by atoms with E-state index < -0.39 is 29.6 Å². The van der Waals surface area contributed by atoms with Crippen LogP contribution in [0.15, 0.2) is 59.2 Å². The molecule has 1 N–H and O–H groups in total. The summed E-state index contributed by atoms with van der Waals surface area (Å²) in [4.78, 5) is 28.8. The number of hydrogen-bond acceptors (Lipinski definition) is 6. The number of benzene rings is 2. The normalized spacial score (nSPS) is 14.5. The summed E-state index contributed by atoms with van der Waals surface area (Å²) in [7, 11) is 4.21. The van der Waals surface area contributed by atoms with Crippen molar-refractivity contribution in [2.75, 3.05) is 26.2 Å². The van der Waals surface area contributed by atoms with Crippen molar-refractivity contribution in [1.29, 1.82) is 0 Å². The SMILES string of the molecule is COc1cc([C@H](C(=O)NC2CCCC2)N(C(=O)c2ccco2)c2cccc(C(F)(F)F)c2)cc(OC)c1OC. The third-order valence-electron chi connectivity index (χ3n) is 6.61. The Bertz CT molecular complexity index is 1280. The van der Waals surface area contributed by atoms with E-state index in [9.17, 15) is 22.8 Å². The average Bonchev–Trinajstić information content (AvgIpc) is 3.65. The van der Waals surface area contributed by atoms with E-state index in [1.807, 2.05) is 0 Å². The van der Waals surface area contributed by atoms with Gasteiger partial charge in [-0.2, -0.15) is 13.2 Å². The van der Waals surface area contributed by atoms with Crippen molar-refractivity contribution < 1.29 is 41.4 Å². The number of carbonyl (C=O) groups is 2. The lowest BCUT2D eigenvalue weighted by molar-refractivity contribution is -0.137. The molecule has 0 saturated heterocycles. The topological polar surface area (TPSA) is 90.2 Å². The molecule has 3 aromatic rings. The smallest absolute Gasteiger partial charge is 0.416 e. The highest BCUT2D eigenvalue weighted by molar-refractivity contribution is 6.08. The average molecular weight is 547 g/mol. The lowest BCUT2D eigenvalue weighted by atomic mass is 10.00. The number of carbonyl (C=O) groups excluding carboxylic acids is 2. The van der Waals surface area contributed by atoms with Gasteiger partial charge in [-0.1, -0.05) is 18.9 Å². The molecule has 39 heavy (non-hydrogen) atoms. The summed E-state index contributed by atoms with van der Waals surface area (Å²) in [5, 5.41) is 2.98. The van der Waals surface area contributed by atoms with Crippen molar-refractivity contribution in [2.45, 2.75) is 43.9 Å². The van der Waals surface area contributed by atoms with E-state index in [0.29, 0.717) is 0 Å². The highest BCUT2D eigenvalue weighted by Crippen LogP contribution is 2.42. The summed E-state index contributed by atoms with van der Waals surface area (Å²) < 4.78 is 62.7. The Labute approximate surface area is 223 Å². The van der Waals surface area contributed by atoms with Gasteiger partial charge in [-0.15, -0.1) is 0 Å². The first-order valence-electron chi connectivity index (χ1n) is 12.3. The molecule has 1 heterocycles. The molecule has 2 aromatic carbocycles. The molecule has 0 bridgehead atoms. The number of amides is 2. The van der Waals surface area contributed by atoms with Gasteiger partial charge in [0.25, 0.3) is 5.91 Å². The van der Waals surface area contributed by atoms with E-state index >= 15 is 0 Å². The molecule has 1 saturated carbocycles. The van der Waals surface area contributed by atoms with Crippen LogP contribution in [-0.2, 0) is 11.0 Å². The third kappa shape index (κ3) is 5.97. The Hall–Kier alpha value is -4.15. The van der Waals surface area contributed by atoms with Gasteiger partial charge < -0.3 is 23.9 Å². The highest BCUT2D eigenvalue weighted by atomic mass is 19.4. The Morgan fingerprint density at radius 3 is 2.18 bits per heavy atom. The summed E-state index contributed by atoms with van der Waals surface area (Å²) in [6, 6.07) is 8.54. The predicted molar refractivity (Wildman–Crippen MR) is 136 cm³/mol. The third-order valence-corrected chi connectivity index (χ3v) is 6.61. The minimum Gasteiger partial charge on any atom is -0.493 e. The molecular weight excluding hydrogens is 517 g/mol. The van der Waals surface area contributed by atoms with Crippen LogP contribution >= 0.6 is 0 Å². The van der Waals surface area contributed by atoms with Crippen LogP contribution in [0.3, 0.4) is 0 Å². The maximum Gasteiger partial charge on any atom is 0.416 e. The number of methoxy groups -OCH3 is 3. The van der Waals surface area contributed by atoms with Gasteiger partial charge in [0.15, 0.2) is 17.3 Å². The Morgan fingerprint density at radius 1 is 0.974 bits per heavy atom. The van der Waals surface area contributed by atoms with E-state index in [1.165, 1.54) is 64.0 Å². The van der Waals surface area contributed by atoms with Crippen LogP contribution in [0.2, 0.25) is 0 Å². The van der Waals surface area contributed by atoms with Crippen molar-refractivity contribution in [3.8, 4) is 17.2 Å². The van der Waals surface area contributed by atoms with Crippen LogP contribution in [0.1, 0.15) is 53.4 Å². The van der Waals surface area contributed by atoms with Gasteiger partial charge in [0.05, 0.1) is 33.2 Å². The molecule has 0 aliphatic heterocycles. The molecule has 1 atom stereocenters. The standard InChI is InChI=1S/C28H29F3N2O6/c1-36-22-14-17(15-23(37-2)25(22)38-3)24(26(34)32-19-9-4-5-10-19)33(27(35)21-12-7-13-39-21)20-11-6-8-18(16-20)28(29,30)31/h6-8,11-16,19,24H,4-5,9-10H2,1-3H3,(H,32,34)/t24-/m1/s1. The van der Waals surface area contributed by atoms with Crippen LogP contribution in [0.4, 0.5) is 18.9 Å². The van der Waals surface area contributed by atoms with Gasteiger partial charge in [0.1, 0.15) is 6.04 Å². The fourth-order valence-electron chi connectivity index (χ4n) is 4.76. The number of halogens is 3. The monoisotopic (exact) mass is 546 g/mol. The van der Waals surface area contributed by atoms with E-state index in [0.717, 1.165) is 42.7 Å². The molecule has 1 aliphatic rings. The number of alkyl halides is 3. The number of anilines is 1. The number of nitrogens with zero attached hydrogens (tertiary/aromatic N) is 1. The molecule has 208 valence electrons. The van der Waals surface area contributed by atoms with E-state index in [2.05, 4.69) is 5.32 Å². The molecule has 1 aliphatic carbocycles. The first-order chi connectivity index (χ1) is 18.7. The fraction of sp³-hybridized carbons (Fsp3) is 0.357. The molecule has 1 fully saturated rings. The minimum absolute atomic E-state index is 0.135. The lowest BCUT2D eigenvalue weighted by Crippen LogP contribution is -2.46. The van der Waals surface area contributed by atoms with Gasteiger partial charge in [0.2, 0.25) is 11.7 Å². The Kier molecular flexibility index (Phi) is 8.37. The van der Waals surface area contributed by atoms with Gasteiger partial charge in [-0.05, 0) is 60.9 Å². The number of nitrogens with one attached hydrogen (secondary N) is 1. The molecule has 2 amide bonds. The Morgan fingerprint density at radius 2 is 1.64 bits per heavy atom. The molecular formula is C28H29F3N2O6. The van der Waals surface area contributed by atoms with Crippen molar-refractivity contribution >= 4 is 17.5 Å². The molecule has 0 unspecified atom stereocenters. The summed E-state index contributed by atoms with van der Waals surface area (Å²) in [6.07, 6.45) is -0.0358. The number of hydrogen-bond donors (Lipinski definition) is 1. The zero-order valence-corrected chi connectivity index (χ0v) is 21.7. The molecule has 0 radical (unpaired) electrons. The lowest BCUT2D eigenvalue weighted by Gasteiger charge is -2.32. The fourth-order valence-corrected chi connectivity index (χ4v) is 4.76. The second-order valence-electron chi connectivity index (χ2n) is 9.05. The minimum atomic E-state index is -4.68. The van der Waals surface area contributed by atoms with Crippen molar-refractivity contribution in [3.63, 3.8) is 0 Å². The zero-order valence-electron chi connectivity index (χ0n) is 21.7. The second-order valence-corrected chi connectivity index (χ2v) is 9.05. The highest BCUT2D eigenvalue weighted by Gasteiger charge is 2.38. The van der Waals surface area contributed by atoms with Crippen LogP contribution in [0, 0.1) is 0 Å². The van der Waals surface area contributed by atoms with Crippen LogP contribution in [0.25, 0.3) is 0 Å². The van der Waals surface area contributed by atoms with E-state index in [-0.39, 0.29) is 40.3 Å². The van der Waals surface area contributed by atoms with Gasteiger partial charge in [-0.3, -0.25) is 14.5 Å². The molecule has 11 heteroatoms. The number of furan rings is 1. The summed E-state index contributed by atoms with van der Waals surface area (Å²) in [5.74, 6) is -0.867. The molecule has 8 nitrogen and oxygen atoms in total. The summed E-state index contributed by atoms with van der Waals surface area (Å²) in [5.41, 5.74) is -0.888. The van der Waals surface area contributed by atoms with Gasteiger partial charge in [0, 0.05) is 11.7 Å². The molecule has 0 spiro atoms. The van der Waals surface area contributed by atoms with Crippen LogP contribution in [0.5, 0.6) is 17.2 Å². The maximum absolute atomic E-state index is 14.0. The van der Waals surface area contributed by atoms with Crippen LogP contribution in [-0.4, -0.2) is 39.2 Å². The maximum atomic E-state index is 14.0. The van der Waals surface area contributed by atoms with Gasteiger partial charge >= 0.3 is 6.18 Å². The quantitative estimate of drug-likeness (QED) is 0.367.